The zero-order chi connectivity index (χ0) is 30.9. The molecule has 1 aromatic carbocycles. The molecule has 43 heavy (non-hydrogen) atoms. The Hall–Kier alpha value is -2.91. The van der Waals surface area contributed by atoms with E-state index in [4.69, 9.17) is 14.2 Å². The van der Waals surface area contributed by atoms with E-state index in [2.05, 4.69) is 12.2 Å². The molecule has 4 aliphatic carbocycles. The summed E-state index contributed by atoms with van der Waals surface area (Å²) in [5.74, 6) is -2.54. The molecule has 5 rings (SSSR count). The van der Waals surface area contributed by atoms with Crippen LogP contribution in [0, 0.1) is 34.4 Å². The lowest BCUT2D eigenvalue weighted by Gasteiger charge is -2.37. The van der Waals surface area contributed by atoms with E-state index in [9.17, 15) is 14.4 Å². The number of ether oxygens (including phenoxy) is 3. The summed E-state index contributed by atoms with van der Waals surface area (Å²) in [5.41, 5.74) is -0.738. The molecule has 0 aliphatic heterocycles. The number of carbonyl (C=O) groups is 3. The molecule has 4 aliphatic rings. The van der Waals surface area contributed by atoms with Gasteiger partial charge in [-0.3, -0.25) is 14.4 Å². The minimum atomic E-state index is -0.660. The van der Waals surface area contributed by atoms with E-state index < -0.39 is 35.0 Å². The average molecular weight is 605 g/mol. The second-order valence-electron chi connectivity index (χ2n) is 13.9. The normalized spacial score (nSPS) is 31.3. The van der Waals surface area contributed by atoms with Crippen molar-refractivity contribution in [3.63, 3.8) is 0 Å². The van der Waals surface area contributed by atoms with Gasteiger partial charge in [-0.05, 0) is 88.0 Å². The van der Waals surface area contributed by atoms with Crippen LogP contribution < -0.4 is 14.8 Å². The Morgan fingerprint density at radius 1 is 0.953 bits per heavy atom. The Kier molecular flexibility index (Phi) is 9.23. The highest BCUT2D eigenvalue weighted by atomic mass is 19.2. The molecule has 0 unspecified atom stereocenters. The third-order valence-electron chi connectivity index (χ3n) is 10.8. The highest BCUT2D eigenvalue weighted by molar-refractivity contribution is 5.98. The van der Waals surface area contributed by atoms with Crippen LogP contribution >= 0.6 is 0 Å². The van der Waals surface area contributed by atoms with Gasteiger partial charge in [-0.1, -0.05) is 30.7 Å². The third-order valence-corrected chi connectivity index (χ3v) is 10.8. The second kappa shape index (κ2) is 12.6. The summed E-state index contributed by atoms with van der Waals surface area (Å²) in [5, 5.41) is 3.43. The van der Waals surface area contributed by atoms with Gasteiger partial charge in [0, 0.05) is 12.1 Å². The Morgan fingerprint density at radius 3 is 2.28 bits per heavy atom. The van der Waals surface area contributed by atoms with Crippen molar-refractivity contribution in [2.75, 3.05) is 20.8 Å². The number of rotatable bonds is 9. The number of hydrogen-bond acceptors (Lipinski definition) is 6. The molecular weight excluding hydrogens is 558 g/mol. The van der Waals surface area contributed by atoms with Crippen molar-refractivity contribution in [2.24, 2.45) is 28.6 Å². The largest absolute Gasteiger partial charge is 0.496 e. The lowest BCUT2D eigenvalue weighted by Crippen LogP contribution is -2.50. The van der Waals surface area contributed by atoms with Crippen molar-refractivity contribution in [1.82, 2.24) is 10.4 Å². The fourth-order valence-electron chi connectivity index (χ4n) is 8.17. The maximum absolute atomic E-state index is 15.5. The monoisotopic (exact) mass is 604 g/mol. The molecule has 4 saturated carbocycles. The average Bonchev–Trinajstić information content (AvgIpc) is 3.60. The summed E-state index contributed by atoms with van der Waals surface area (Å²) in [4.78, 5) is 39.3. The summed E-state index contributed by atoms with van der Waals surface area (Å²) >= 11 is 0. The molecule has 0 heterocycles. The predicted molar refractivity (Wildman–Crippen MR) is 156 cm³/mol. The molecule has 4 fully saturated rings. The smallest absolute Gasteiger partial charge is 0.311 e. The number of esters is 1. The number of hydrogen-bond donors (Lipinski definition) is 1. The van der Waals surface area contributed by atoms with Gasteiger partial charge >= 0.3 is 5.97 Å². The van der Waals surface area contributed by atoms with Crippen LogP contribution in [0.25, 0.3) is 0 Å². The molecule has 4 atom stereocenters. The lowest BCUT2D eigenvalue weighted by molar-refractivity contribution is -0.158. The number of nitrogens with one attached hydrogen (secondary N) is 1. The minimum absolute atomic E-state index is 0.0243. The number of carbonyl (C=O) groups excluding carboxylic acids is 3. The quantitative estimate of drug-likeness (QED) is 0.268. The van der Waals surface area contributed by atoms with Gasteiger partial charge in [0.2, 0.25) is 0 Å². The van der Waals surface area contributed by atoms with E-state index >= 15 is 8.87 Å². The second-order valence-corrected chi connectivity index (χ2v) is 13.9. The summed E-state index contributed by atoms with van der Waals surface area (Å²) in [6.45, 7) is 3.99. The molecule has 8 nitrogen and oxygen atoms in total. The first-order valence-electron chi connectivity index (χ1n) is 15.9. The van der Waals surface area contributed by atoms with Crippen molar-refractivity contribution < 1.29 is 37.5 Å². The van der Waals surface area contributed by atoms with Gasteiger partial charge in [-0.15, -0.1) is 0 Å². The van der Waals surface area contributed by atoms with Crippen LogP contribution in [-0.4, -0.2) is 55.8 Å². The Balaban J connectivity index is 1.29. The maximum atomic E-state index is 15.5. The fraction of sp³-hybridized carbons (Fsp3) is 0.727. The molecule has 10 heteroatoms. The first-order chi connectivity index (χ1) is 20.5. The molecule has 0 radical (unpaired) electrons. The number of nitrogens with zero attached hydrogens (tertiary/aromatic N) is 1. The van der Waals surface area contributed by atoms with Crippen LogP contribution in [0.5, 0.6) is 11.5 Å². The fourth-order valence-corrected chi connectivity index (χ4v) is 8.17. The van der Waals surface area contributed by atoms with Crippen molar-refractivity contribution in [3.05, 3.63) is 23.5 Å². The Labute approximate surface area is 253 Å². The number of benzene rings is 1. The molecule has 0 aromatic heterocycles. The van der Waals surface area contributed by atoms with Gasteiger partial charge in [0.05, 0.1) is 43.8 Å². The number of fused-ring (bicyclic) bond motifs is 2. The molecule has 0 saturated heterocycles. The first kappa shape index (κ1) is 31.5. The first-order valence-corrected chi connectivity index (χ1v) is 15.9. The van der Waals surface area contributed by atoms with E-state index in [1.165, 1.54) is 20.3 Å². The molecule has 1 N–H and O–H groups in total. The van der Waals surface area contributed by atoms with Crippen molar-refractivity contribution in [2.45, 2.75) is 103 Å². The summed E-state index contributed by atoms with van der Waals surface area (Å²) in [7, 11) is 2.73. The number of halogens is 2. The van der Waals surface area contributed by atoms with Crippen molar-refractivity contribution >= 4 is 17.8 Å². The highest BCUT2D eigenvalue weighted by Gasteiger charge is 2.53. The molecule has 2 amide bonds. The number of amides is 2. The topological polar surface area (TPSA) is 94.2 Å². The predicted octanol–water partition coefficient (Wildman–Crippen LogP) is 6.16. The van der Waals surface area contributed by atoms with Gasteiger partial charge in [0.25, 0.3) is 11.8 Å². The van der Waals surface area contributed by atoms with Gasteiger partial charge in [0.15, 0.2) is 11.6 Å². The molecular formula is C33H46F2N2O6. The van der Waals surface area contributed by atoms with Gasteiger partial charge in [0.1, 0.15) is 5.75 Å². The van der Waals surface area contributed by atoms with Crippen LogP contribution in [0.3, 0.4) is 0 Å². The molecule has 238 valence electrons. The SMILES string of the molecule is COC(=O)C1(C)CCC(Oc2cc(C(=O)N[C@@H]3[C@H]4CC[C@H](C4)[C@@H]3C(=O)N(F)CC3(C)CCCCC3)c(OC)cc2F)CC1. The van der Waals surface area contributed by atoms with E-state index in [0.29, 0.717) is 30.8 Å². The zero-order valence-electron chi connectivity index (χ0n) is 25.9. The highest BCUT2D eigenvalue weighted by Crippen LogP contribution is 2.50. The summed E-state index contributed by atoms with van der Waals surface area (Å²) in [6, 6.07) is 1.96. The standard InChI is InChI=1S/C33H46F2N2O6/c1-32(12-6-5-7-13-32)19-37(35)30(39)27-20-8-9-21(16-20)28(27)36-29(38)23-17-26(24(34)18-25(23)41-3)43-22-10-14-33(2,15-11-22)31(40)42-4/h17-18,20-22,27-28H,5-16,19H2,1-4H3,(H,36,38)/t20-,21+,22?,27+,28-,33?/m1/s1. The van der Waals surface area contributed by atoms with Crippen LogP contribution in [0.15, 0.2) is 12.1 Å². The van der Waals surface area contributed by atoms with Gasteiger partial charge in [-0.2, -0.15) is 5.12 Å². The zero-order valence-corrected chi connectivity index (χ0v) is 25.9. The van der Waals surface area contributed by atoms with E-state index in [-0.39, 0.29) is 52.9 Å². The van der Waals surface area contributed by atoms with Crippen LogP contribution in [0.4, 0.5) is 8.87 Å². The number of methoxy groups -OCH3 is 2. The van der Waals surface area contributed by atoms with Gasteiger partial charge in [-0.25, -0.2) is 4.39 Å². The molecule has 1 aromatic rings. The Morgan fingerprint density at radius 2 is 1.63 bits per heavy atom. The van der Waals surface area contributed by atoms with Crippen LogP contribution in [0.2, 0.25) is 0 Å². The van der Waals surface area contributed by atoms with E-state index in [0.717, 1.165) is 57.4 Å². The minimum Gasteiger partial charge on any atom is -0.496 e. The van der Waals surface area contributed by atoms with E-state index in [1.54, 1.807) is 0 Å². The van der Waals surface area contributed by atoms with Crippen LogP contribution in [-0.2, 0) is 14.3 Å². The summed E-state index contributed by atoms with van der Waals surface area (Å²) < 4.78 is 46.8. The Bertz CT molecular complexity index is 1210. The van der Waals surface area contributed by atoms with Gasteiger partial charge < -0.3 is 19.5 Å². The molecule has 2 bridgehead atoms. The van der Waals surface area contributed by atoms with Crippen LogP contribution in [0.1, 0.15) is 101 Å². The maximum Gasteiger partial charge on any atom is 0.311 e. The van der Waals surface area contributed by atoms with E-state index in [1.807, 2.05) is 6.92 Å². The van der Waals surface area contributed by atoms with Crippen molar-refractivity contribution in [1.29, 1.82) is 0 Å². The van der Waals surface area contributed by atoms with Crippen molar-refractivity contribution in [3.8, 4) is 11.5 Å². The lowest BCUT2D eigenvalue weighted by atomic mass is 9.75. The summed E-state index contributed by atoms with van der Waals surface area (Å²) in [6.07, 6.45) is 9.34. The third kappa shape index (κ3) is 6.48. The molecule has 0 spiro atoms.